The maximum atomic E-state index is 3.98. The fourth-order valence-corrected chi connectivity index (χ4v) is 4.19. The van der Waals surface area contributed by atoms with Gasteiger partial charge in [0.05, 0.1) is 0 Å². The van der Waals surface area contributed by atoms with Crippen LogP contribution in [0.5, 0.6) is 0 Å². The molecule has 19 heavy (non-hydrogen) atoms. The molecular formula is C17H32N2. The number of nitrogens with one attached hydrogen (secondary N) is 1. The van der Waals surface area contributed by atoms with Gasteiger partial charge in [-0.05, 0) is 50.5 Å². The lowest BCUT2D eigenvalue weighted by Gasteiger charge is -2.50. The molecular weight excluding hydrogens is 232 g/mol. The Balaban J connectivity index is 1.63. The molecule has 0 aromatic rings. The Bertz CT molecular complexity index is 290. The van der Waals surface area contributed by atoms with Crippen molar-refractivity contribution in [2.45, 2.75) is 76.8 Å². The first-order valence-electron chi connectivity index (χ1n) is 8.68. The van der Waals surface area contributed by atoms with Crippen LogP contribution in [0.1, 0.15) is 65.2 Å². The van der Waals surface area contributed by atoms with Crippen LogP contribution in [0, 0.1) is 11.8 Å². The highest BCUT2D eigenvalue weighted by atomic mass is 15.3. The maximum Gasteiger partial charge on any atom is 0.0309 e. The van der Waals surface area contributed by atoms with Gasteiger partial charge in [-0.15, -0.1) is 0 Å². The molecule has 0 aromatic carbocycles. The second-order valence-electron chi connectivity index (χ2n) is 7.78. The van der Waals surface area contributed by atoms with Crippen molar-refractivity contribution in [2.24, 2.45) is 11.8 Å². The molecule has 2 nitrogen and oxygen atoms in total. The number of hydrogen-bond acceptors (Lipinski definition) is 2. The van der Waals surface area contributed by atoms with Crippen LogP contribution in [0.4, 0.5) is 0 Å². The standard InChI is InChI=1S/C17H32N2/c1-14(2)8-11-19-13-17(9-4-3-5-10-17)18-12-16(19)15-6-7-15/h14-16,18H,3-13H2,1-2H3. The van der Waals surface area contributed by atoms with Gasteiger partial charge in [0, 0.05) is 24.7 Å². The molecule has 0 radical (unpaired) electrons. The largest absolute Gasteiger partial charge is 0.308 e. The van der Waals surface area contributed by atoms with Gasteiger partial charge in [-0.25, -0.2) is 0 Å². The van der Waals surface area contributed by atoms with Crippen molar-refractivity contribution in [3.05, 3.63) is 0 Å². The van der Waals surface area contributed by atoms with Crippen LogP contribution in [-0.2, 0) is 0 Å². The monoisotopic (exact) mass is 264 g/mol. The highest BCUT2D eigenvalue weighted by molar-refractivity contribution is 5.03. The second kappa shape index (κ2) is 5.73. The molecule has 1 atom stereocenters. The summed E-state index contributed by atoms with van der Waals surface area (Å²) in [6.07, 6.45) is 11.5. The first-order valence-corrected chi connectivity index (χ1v) is 8.68. The zero-order valence-electron chi connectivity index (χ0n) is 13.0. The Morgan fingerprint density at radius 3 is 2.53 bits per heavy atom. The van der Waals surface area contributed by atoms with Crippen molar-refractivity contribution in [3.63, 3.8) is 0 Å². The van der Waals surface area contributed by atoms with Gasteiger partial charge in [0.15, 0.2) is 0 Å². The lowest BCUT2D eigenvalue weighted by atomic mass is 9.79. The summed E-state index contributed by atoms with van der Waals surface area (Å²) >= 11 is 0. The SMILES string of the molecule is CC(C)CCN1CC2(CCCCC2)NCC1C1CC1. The highest BCUT2D eigenvalue weighted by Gasteiger charge is 2.44. The third-order valence-electron chi connectivity index (χ3n) is 5.63. The molecule has 0 amide bonds. The molecule has 2 heteroatoms. The topological polar surface area (TPSA) is 15.3 Å². The molecule has 3 aliphatic rings. The van der Waals surface area contributed by atoms with Crippen LogP contribution in [0.2, 0.25) is 0 Å². The molecule has 2 saturated carbocycles. The predicted octanol–water partition coefficient (Wildman–Crippen LogP) is 3.42. The molecule has 1 aliphatic heterocycles. The first-order chi connectivity index (χ1) is 9.19. The van der Waals surface area contributed by atoms with Crippen molar-refractivity contribution in [1.82, 2.24) is 10.2 Å². The summed E-state index contributed by atoms with van der Waals surface area (Å²) in [5, 5.41) is 3.98. The van der Waals surface area contributed by atoms with Gasteiger partial charge in [-0.1, -0.05) is 33.1 Å². The second-order valence-corrected chi connectivity index (χ2v) is 7.78. The normalized spacial score (nSPS) is 32.1. The molecule has 0 aromatic heterocycles. The van der Waals surface area contributed by atoms with Crippen LogP contribution in [0.25, 0.3) is 0 Å². The maximum absolute atomic E-state index is 3.98. The fourth-order valence-electron chi connectivity index (χ4n) is 4.19. The molecule has 3 rings (SSSR count). The van der Waals surface area contributed by atoms with E-state index in [-0.39, 0.29) is 0 Å². The molecule has 2 aliphatic carbocycles. The van der Waals surface area contributed by atoms with Gasteiger partial charge in [0.1, 0.15) is 0 Å². The summed E-state index contributed by atoms with van der Waals surface area (Å²) in [5.41, 5.74) is 0.487. The van der Waals surface area contributed by atoms with Gasteiger partial charge in [-0.2, -0.15) is 0 Å². The molecule has 1 heterocycles. The first kappa shape index (κ1) is 13.9. The van der Waals surface area contributed by atoms with E-state index in [0.717, 1.165) is 17.9 Å². The number of hydrogen-bond donors (Lipinski definition) is 1. The summed E-state index contributed by atoms with van der Waals surface area (Å²) in [6, 6.07) is 0.853. The van der Waals surface area contributed by atoms with Gasteiger partial charge in [0.25, 0.3) is 0 Å². The Morgan fingerprint density at radius 2 is 1.89 bits per heavy atom. The van der Waals surface area contributed by atoms with Crippen molar-refractivity contribution in [1.29, 1.82) is 0 Å². The zero-order valence-corrected chi connectivity index (χ0v) is 13.0. The van der Waals surface area contributed by atoms with E-state index < -0.39 is 0 Å². The molecule has 3 fully saturated rings. The Labute approximate surface area is 119 Å². The molecule has 110 valence electrons. The highest BCUT2D eigenvalue weighted by Crippen LogP contribution is 2.40. The van der Waals surface area contributed by atoms with Crippen LogP contribution in [0.3, 0.4) is 0 Å². The summed E-state index contributed by atoms with van der Waals surface area (Å²) in [4.78, 5) is 2.87. The minimum atomic E-state index is 0.487. The van der Waals surface area contributed by atoms with E-state index in [4.69, 9.17) is 0 Å². The van der Waals surface area contributed by atoms with Crippen molar-refractivity contribution in [3.8, 4) is 0 Å². The van der Waals surface area contributed by atoms with E-state index in [1.54, 1.807) is 0 Å². The minimum Gasteiger partial charge on any atom is -0.308 e. The van der Waals surface area contributed by atoms with Crippen LogP contribution < -0.4 is 5.32 Å². The minimum absolute atomic E-state index is 0.487. The quantitative estimate of drug-likeness (QED) is 0.837. The predicted molar refractivity (Wildman–Crippen MR) is 81.4 cm³/mol. The average molecular weight is 264 g/mol. The lowest BCUT2D eigenvalue weighted by molar-refractivity contribution is 0.0435. The zero-order chi connectivity index (χ0) is 13.3. The lowest BCUT2D eigenvalue weighted by Crippen LogP contribution is -2.65. The van der Waals surface area contributed by atoms with E-state index in [1.807, 2.05) is 0 Å². The van der Waals surface area contributed by atoms with Crippen molar-refractivity contribution in [2.75, 3.05) is 19.6 Å². The number of rotatable bonds is 4. The third-order valence-corrected chi connectivity index (χ3v) is 5.63. The van der Waals surface area contributed by atoms with E-state index in [2.05, 4.69) is 24.1 Å². The van der Waals surface area contributed by atoms with Crippen LogP contribution >= 0.6 is 0 Å². The van der Waals surface area contributed by atoms with Gasteiger partial charge in [-0.3, -0.25) is 4.90 Å². The van der Waals surface area contributed by atoms with Crippen LogP contribution in [-0.4, -0.2) is 36.1 Å². The molecule has 1 spiro atoms. The van der Waals surface area contributed by atoms with Crippen molar-refractivity contribution >= 4 is 0 Å². The summed E-state index contributed by atoms with van der Waals surface area (Å²) in [6.45, 7) is 8.67. The van der Waals surface area contributed by atoms with Crippen molar-refractivity contribution < 1.29 is 0 Å². The van der Waals surface area contributed by atoms with E-state index in [1.165, 1.54) is 71.0 Å². The Kier molecular flexibility index (Phi) is 4.19. The summed E-state index contributed by atoms with van der Waals surface area (Å²) < 4.78 is 0. The van der Waals surface area contributed by atoms with E-state index >= 15 is 0 Å². The number of piperazine rings is 1. The average Bonchev–Trinajstić information content (AvgIpc) is 3.22. The Morgan fingerprint density at radius 1 is 1.16 bits per heavy atom. The summed E-state index contributed by atoms with van der Waals surface area (Å²) in [5.74, 6) is 1.86. The smallest absolute Gasteiger partial charge is 0.0309 e. The van der Waals surface area contributed by atoms with E-state index in [9.17, 15) is 0 Å². The van der Waals surface area contributed by atoms with Gasteiger partial charge in [0.2, 0.25) is 0 Å². The van der Waals surface area contributed by atoms with Gasteiger partial charge >= 0.3 is 0 Å². The van der Waals surface area contributed by atoms with Gasteiger partial charge < -0.3 is 5.32 Å². The Hall–Kier alpha value is -0.0800. The van der Waals surface area contributed by atoms with E-state index in [0.29, 0.717) is 5.54 Å². The third kappa shape index (κ3) is 3.33. The molecule has 1 unspecified atom stereocenters. The fraction of sp³-hybridized carbons (Fsp3) is 1.00. The van der Waals surface area contributed by atoms with Crippen LogP contribution in [0.15, 0.2) is 0 Å². The molecule has 1 N–H and O–H groups in total. The number of nitrogens with zero attached hydrogens (tertiary/aromatic N) is 1. The molecule has 1 saturated heterocycles. The summed E-state index contributed by atoms with van der Waals surface area (Å²) in [7, 11) is 0. The molecule has 0 bridgehead atoms.